The van der Waals surface area contributed by atoms with Gasteiger partial charge in [-0.3, -0.25) is 0 Å². The first-order valence-corrected chi connectivity index (χ1v) is 5.56. The summed E-state index contributed by atoms with van der Waals surface area (Å²) < 4.78 is 0. The Labute approximate surface area is 72.5 Å². The summed E-state index contributed by atoms with van der Waals surface area (Å²) in [6.07, 6.45) is 1.34. The first-order valence-electron chi connectivity index (χ1n) is 4.41. The van der Waals surface area contributed by atoms with Crippen molar-refractivity contribution < 1.29 is 0 Å². The smallest absolute Gasteiger partial charge is 0.0168 e. The summed E-state index contributed by atoms with van der Waals surface area (Å²) in [6, 6.07) is 0. The molecule has 0 atom stereocenters. The van der Waals surface area contributed by atoms with Crippen molar-refractivity contribution in [3.05, 3.63) is 0 Å². The predicted molar refractivity (Wildman–Crippen MR) is 50.1 cm³/mol. The lowest BCUT2D eigenvalue weighted by Gasteiger charge is -2.43. The van der Waals surface area contributed by atoms with Crippen LogP contribution in [0.25, 0.3) is 0 Å². The minimum absolute atomic E-state index is 0.616. The van der Waals surface area contributed by atoms with Crippen LogP contribution in [0, 0.1) is 5.41 Å². The zero-order valence-corrected chi connectivity index (χ0v) is 7.67. The third kappa shape index (κ3) is 1.71. The number of thioether (sulfide) groups is 1. The van der Waals surface area contributed by atoms with E-state index >= 15 is 0 Å². The van der Waals surface area contributed by atoms with Crippen molar-refractivity contribution in [3.63, 3.8) is 0 Å². The van der Waals surface area contributed by atoms with E-state index in [1.807, 2.05) is 0 Å². The molecule has 0 radical (unpaired) electrons. The van der Waals surface area contributed by atoms with Crippen LogP contribution in [-0.4, -0.2) is 37.7 Å². The third-order valence-corrected chi connectivity index (χ3v) is 3.94. The fraction of sp³-hybridized carbons (Fsp3) is 1.00. The monoisotopic (exact) mass is 172 g/mol. The molecule has 0 aromatic rings. The Bertz CT molecular complexity index is 124. The Morgan fingerprint density at radius 3 is 2.64 bits per heavy atom. The Kier molecular flexibility index (Phi) is 2.39. The van der Waals surface area contributed by atoms with Gasteiger partial charge in [0, 0.05) is 30.8 Å². The molecule has 0 unspecified atom stereocenters. The lowest BCUT2D eigenvalue weighted by molar-refractivity contribution is 0.195. The molecule has 2 rings (SSSR count). The third-order valence-electron chi connectivity index (χ3n) is 2.55. The number of rotatable bonds is 0. The van der Waals surface area contributed by atoms with Crippen molar-refractivity contribution in [2.24, 2.45) is 5.41 Å². The van der Waals surface area contributed by atoms with Crippen molar-refractivity contribution in [2.75, 3.05) is 37.7 Å². The molecule has 2 saturated heterocycles. The Hall–Kier alpha value is 0.270. The van der Waals surface area contributed by atoms with E-state index in [-0.39, 0.29) is 0 Å². The van der Waals surface area contributed by atoms with Gasteiger partial charge in [0.05, 0.1) is 0 Å². The van der Waals surface area contributed by atoms with Crippen LogP contribution in [-0.2, 0) is 0 Å². The zero-order valence-electron chi connectivity index (χ0n) is 6.86. The Balaban J connectivity index is 1.86. The average Bonchev–Trinajstić information content (AvgIpc) is 1.82. The van der Waals surface area contributed by atoms with Gasteiger partial charge in [-0.1, -0.05) is 0 Å². The molecule has 2 aliphatic heterocycles. The van der Waals surface area contributed by atoms with Crippen molar-refractivity contribution in [3.8, 4) is 0 Å². The van der Waals surface area contributed by atoms with Crippen molar-refractivity contribution in [1.82, 2.24) is 10.6 Å². The summed E-state index contributed by atoms with van der Waals surface area (Å²) in [6.45, 7) is 4.90. The van der Waals surface area contributed by atoms with E-state index < -0.39 is 0 Å². The van der Waals surface area contributed by atoms with Gasteiger partial charge in [0.2, 0.25) is 0 Å². The van der Waals surface area contributed by atoms with Crippen molar-refractivity contribution in [2.45, 2.75) is 6.42 Å². The zero-order chi connectivity index (χ0) is 7.57. The topological polar surface area (TPSA) is 24.1 Å². The molecule has 0 aromatic heterocycles. The summed E-state index contributed by atoms with van der Waals surface area (Å²) >= 11 is 2.13. The highest BCUT2D eigenvalue weighted by Gasteiger charge is 2.36. The summed E-state index contributed by atoms with van der Waals surface area (Å²) in [4.78, 5) is 0. The molecule has 2 aliphatic rings. The molecule has 2 N–H and O–H groups in total. The first kappa shape index (κ1) is 7.90. The molecule has 64 valence electrons. The molecule has 0 aliphatic carbocycles. The standard InChI is InChI=1S/C8H16N2S/c1-2-9-4-8(5-10-6-8)7-11-3-1/h9-10H,1-7H2. The van der Waals surface area contributed by atoms with Gasteiger partial charge in [-0.15, -0.1) is 0 Å². The largest absolute Gasteiger partial charge is 0.316 e. The lowest BCUT2D eigenvalue weighted by Crippen LogP contribution is -2.60. The van der Waals surface area contributed by atoms with Crippen LogP contribution in [0.1, 0.15) is 6.42 Å². The highest BCUT2D eigenvalue weighted by Crippen LogP contribution is 2.28. The number of hydrogen-bond donors (Lipinski definition) is 2. The van der Waals surface area contributed by atoms with Gasteiger partial charge >= 0.3 is 0 Å². The second kappa shape index (κ2) is 3.33. The van der Waals surface area contributed by atoms with Gasteiger partial charge in [0.15, 0.2) is 0 Å². The molecule has 3 heteroatoms. The van der Waals surface area contributed by atoms with E-state index in [2.05, 4.69) is 22.4 Å². The van der Waals surface area contributed by atoms with E-state index in [0.717, 1.165) is 0 Å². The van der Waals surface area contributed by atoms with E-state index in [9.17, 15) is 0 Å². The molecule has 2 heterocycles. The van der Waals surface area contributed by atoms with Gasteiger partial charge in [-0.05, 0) is 18.7 Å². The van der Waals surface area contributed by atoms with Crippen LogP contribution in [0.2, 0.25) is 0 Å². The second-order valence-corrected chi connectivity index (χ2v) is 4.79. The predicted octanol–water partition coefficient (Wildman–Crippen LogP) is 0.303. The summed E-state index contributed by atoms with van der Waals surface area (Å²) in [5.74, 6) is 2.70. The fourth-order valence-corrected chi connectivity index (χ4v) is 2.93. The van der Waals surface area contributed by atoms with Crippen LogP contribution in [0.3, 0.4) is 0 Å². The van der Waals surface area contributed by atoms with Gasteiger partial charge < -0.3 is 10.6 Å². The van der Waals surface area contributed by atoms with Gasteiger partial charge in [0.25, 0.3) is 0 Å². The van der Waals surface area contributed by atoms with Gasteiger partial charge in [-0.2, -0.15) is 11.8 Å². The summed E-state index contributed by atoms with van der Waals surface area (Å²) in [5.41, 5.74) is 0.616. The average molecular weight is 172 g/mol. The molecule has 2 nitrogen and oxygen atoms in total. The maximum absolute atomic E-state index is 3.53. The Morgan fingerprint density at radius 1 is 1.09 bits per heavy atom. The fourth-order valence-electron chi connectivity index (χ4n) is 1.70. The number of nitrogens with one attached hydrogen (secondary N) is 2. The van der Waals surface area contributed by atoms with E-state index in [1.165, 1.54) is 44.1 Å². The molecular weight excluding hydrogens is 156 g/mol. The minimum Gasteiger partial charge on any atom is -0.316 e. The van der Waals surface area contributed by atoms with E-state index in [0.29, 0.717) is 5.41 Å². The van der Waals surface area contributed by atoms with Crippen LogP contribution < -0.4 is 10.6 Å². The molecule has 0 amide bonds. The molecule has 0 aromatic carbocycles. The Morgan fingerprint density at radius 2 is 1.91 bits per heavy atom. The van der Waals surface area contributed by atoms with Gasteiger partial charge in [0.1, 0.15) is 0 Å². The maximum atomic E-state index is 3.53. The molecule has 11 heavy (non-hydrogen) atoms. The number of hydrogen-bond acceptors (Lipinski definition) is 3. The SMILES string of the molecule is C1CNCC2(CNC2)CSC1. The van der Waals surface area contributed by atoms with Crippen LogP contribution in [0.15, 0.2) is 0 Å². The molecule has 2 fully saturated rings. The van der Waals surface area contributed by atoms with E-state index in [4.69, 9.17) is 0 Å². The first-order chi connectivity index (χ1) is 5.41. The van der Waals surface area contributed by atoms with Crippen LogP contribution >= 0.6 is 11.8 Å². The molecule has 0 bridgehead atoms. The molecule has 1 spiro atoms. The summed E-state index contributed by atoms with van der Waals surface area (Å²) in [5, 5.41) is 6.89. The molecular formula is C8H16N2S. The van der Waals surface area contributed by atoms with Crippen molar-refractivity contribution >= 4 is 11.8 Å². The maximum Gasteiger partial charge on any atom is 0.0168 e. The normalized spacial score (nSPS) is 30.5. The van der Waals surface area contributed by atoms with Crippen LogP contribution in [0.4, 0.5) is 0 Å². The summed E-state index contributed by atoms with van der Waals surface area (Å²) in [7, 11) is 0. The van der Waals surface area contributed by atoms with Crippen molar-refractivity contribution in [1.29, 1.82) is 0 Å². The highest BCUT2D eigenvalue weighted by molar-refractivity contribution is 7.99. The second-order valence-electron chi connectivity index (χ2n) is 3.69. The quantitative estimate of drug-likeness (QED) is 0.550. The van der Waals surface area contributed by atoms with E-state index in [1.54, 1.807) is 0 Å². The minimum atomic E-state index is 0.616. The van der Waals surface area contributed by atoms with Crippen LogP contribution in [0.5, 0.6) is 0 Å². The lowest BCUT2D eigenvalue weighted by atomic mass is 9.84. The molecule has 0 saturated carbocycles. The highest BCUT2D eigenvalue weighted by atomic mass is 32.2. The van der Waals surface area contributed by atoms with Gasteiger partial charge in [-0.25, -0.2) is 0 Å².